The lowest BCUT2D eigenvalue weighted by molar-refractivity contribution is 0.584. The quantitative estimate of drug-likeness (QED) is 0.834. The van der Waals surface area contributed by atoms with E-state index in [9.17, 15) is 8.78 Å². The Labute approximate surface area is 111 Å². The van der Waals surface area contributed by atoms with Gasteiger partial charge in [0.15, 0.2) is 0 Å². The van der Waals surface area contributed by atoms with Crippen LogP contribution in [0, 0.1) is 11.6 Å². The Morgan fingerprint density at radius 1 is 1.00 bits per heavy atom. The molecule has 0 atom stereocenters. The molecular weight excluding hydrogens is 246 g/mol. The minimum atomic E-state index is -0.579. The zero-order valence-electron chi connectivity index (χ0n) is 10.8. The van der Waals surface area contributed by atoms with Crippen LogP contribution in [0.1, 0.15) is 18.9 Å². The molecule has 0 saturated carbocycles. The molecule has 100 valence electrons. The predicted molar refractivity (Wildman–Crippen MR) is 71.6 cm³/mol. The van der Waals surface area contributed by atoms with E-state index in [1.165, 1.54) is 12.1 Å². The SMILES string of the molecule is CCCNCc1cncc(-c2cc(F)cc(F)c2)c1. The molecule has 1 aromatic carbocycles. The summed E-state index contributed by atoms with van der Waals surface area (Å²) in [5.41, 5.74) is 2.21. The third kappa shape index (κ3) is 3.83. The number of hydrogen-bond acceptors (Lipinski definition) is 2. The lowest BCUT2D eigenvalue weighted by atomic mass is 10.1. The number of nitrogens with one attached hydrogen (secondary N) is 1. The van der Waals surface area contributed by atoms with Gasteiger partial charge in [-0.3, -0.25) is 4.98 Å². The van der Waals surface area contributed by atoms with Gasteiger partial charge in [0.2, 0.25) is 0 Å². The summed E-state index contributed by atoms with van der Waals surface area (Å²) >= 11 is 0. The normalized spacial score (nSPS) is 10.7. The molecule has 0 aliphatic heterocycles. The van der Waals surface area contributed by atoms with Crippen LogP contribution in [0.3, 0.4) is 0 Å². The highest BCUT2D eigenvalue weighted by molar-refractivity contribution is 5.63. The molecule has 0 unspecified atom stereocenters. The van der Waals surface area contributed by atoms with E-state index in [1.54, 1.807) is 12.4 Å². The second kappa shape index (κ2) is 6.38. The highest BCUT2D eigenvalue weighted by Gasteiger charge is 2.04. The molecule has 0 aliphatic rings. The summed E-state index contributed by atoms with van der Waals surface area (Å²) in [5.74, 6) is -1.16. The van der Waals surface area contributed by atoms with Crippen molar-refractivity contribution in [3.8, 4) is 11.1 Å². The van der Waals surface area contributed by atoms with Crippen molar-refractivity contribution in [3.05, 3.63) is 53.9 Å². The Morgan fingerprint density at radius 2 is 1.74 bits per heavy atom. The molecule has 0 saturated heterocycles. The Balaban J connectivity index is 2.22. The topological polar surface area (TPSA) is 24.9 Å². The van der Waals surface area contributed by atoms with Crippen molar-refractivity contribution >= 4 is 0 Å². The first-order valence-corrected chi connectivity index (χ1v) is 6.30. The van der Waals surface area contributed by atoms with Gasteiger partial charge in [0.25, 0.3) is 0 Å². The molecule has 0 radical (unpaired) electrons. The molecule has 0 amide bonds. The zero-order valence-corrected chi connectivity index (χ0v) is 10.8. The molecule has 1 aromatic heterocycles. The smallest absolute Gasteiger partial charge is 0.126 e. The van der Waals surface area contributed by atoms with E-state index in [-0.39, 0.29) is 0 Å². The van der Waals surface area contributed by atoms with Crippen LogP contribution in [0.15, 0.2) is 36.7 Å². The van der Waals surface area contributed by atoms with Crippen molar-refractivity contribution < 1.29 is 8.78 Å². The fraction of sp³-hybridized carbons (Fsp3) is 0.267. The molecule has 0 fully saturated rings. The van der Waals surface area contributed by atoms with Gasteiger partial charge in [-0.05, 0) is 42.3 Å². The van der Waals surface area contributed by atoms with Gasteiger partial charge in [-0.1, -0.05) is 6.92 Å². The number of rotatable bonds is 5. The highest BCUT2D eigenvalue weighted by Crippen LogP contribution is 2.21. The molecule has 0 bridgehead atoms. The van der Waals surface area contributed by atoms with Crippen molar-refractivity contribution in [3.63, 3.8) is 0 Å². The summed E-state index contributed by atoms with van der Waals surface area (Å²) < 4.78 is 26.4. The van der Waals surface area contributed by atoms with Crippen molar-refractivity contribution in [1.82, 2.24) is 10.3 Å². The Kier molecular flexibility index (Phi) is 4.58. The average Bonchev–Trinajstić information content (AvgIpc) is 2.38. The van der Waals surface area contributed by atoms with Gasteiger partial charge in [0, 0.05) is 30.6 Å². The van der Waals surface area contributed by atoms with Crippen LogP contribution in [-0.2, 0) is 6.54 Å². The summed E-state index contributed by atoms with van der Waals surface area (Å²) in [6.07, 6.45) is 4.42. The minimum absolute atomic E-state index is 0.502. The second-order valence-electron chi connectivity index (χ2n) is 4.42. The third-order valence-electron chi connectivity index (χ3n) is 2.75. The van der Waals surface area contributed by atoms with Gasteiger partial charge in [-0.2, -0.15) is 0 Å². The van der Waals surface area contributed by atoms with Crippen LogP contribution < -0.4 is 5.32 Å². The number of nitrogens with zero attached hydrogens (tertiary/aromatic N) is 1. The van der Waals surface area contributed by atoms with Gasteiger partial charge in [-0.15, -0.1) is 0 Å². The number of hydrogen-bond donors (Lipinski definition) is 1. The van der Waals surface area contributed by atoms with Crippen LogP contribution in [-0.4, -0.2) is 11.5 Å². The first-order chi connectivity index (χ1) is 9.19. The Morgan fingerprint density at radius 3 is 2.42 bits per heavy atom. The van der Waals surface area contributed by atoms with E-state index in [1.807, 2.05) is 6.07 Å². The molecule has 2 nitrogen and oxygen atoms in total. The van der Waals surface area contributed by atoms with Gasteiger partial charge in [-0.25, -0.2) is 8.78 Å². The van der Waals surface area contributed by atoms with Crippen LogP contribution >= 0.6 is 0 Å². The van der Waals surface area contributed by atoms with E-state index >= 15 is 0 Å². The van der Waals surface area contributed by atoms with Crippen molar-refractivity contribution in [2.45, 2.75) is 19.9 Å². The standard InChI is InChI=1S/C15H16F2N2/c1-2-3-18-8-11-4-13(10-19-9-11)12-5-14(16)7-15(17)6-12/h4-7,9-10,18H,2-3,8H2,1H3. The Hall–Kier alpha value is -1.81. The first-order valence-electron chi connectivity index (χ1n) is 6.30. The number of benzene rings is 1. The van der Waals surface area contributed by atoms with E-state index in [0.29, 0.717) is 17.7 Å². The third-order valence-corrected chi connectivity index (χ3v) is 2.75. The largest absolute Gasteiger partial charge is 0.313 e. The summed E-state index contributed by atoms with van der Waals surface area (Å²) in [7, 11) is 0. The molecule has 2 rings (SSSR count). The lowest BCUT2D eigenvalue weighted by Crippen LogP contribution is -2.13. The maximum Gasteiger partial charge on any atom is 0.126 e. The number of pyridine rings is 1. The summed E-state index contributed by atoms with van der Waals surface area (Å²) in [4.78, 5) is 4.11. The van der Waals surface area contributed by atoms with Gasteiger partial charge in [0.1, 0.15) is 11.6 Å². The van der Waals surface area contributed by atoms with E-state index in [0.717, 1.165) is 24.6 Å². The van der Waals surface area contributed by atoms with Gasteiger partial charge < -0.3 is 5.32 Å². The first kappa shape index (κ1) is 13.6. The van der Waals surface area contributed by atoms with Crippen LogP contribution in [0.4, 0.5) is 8.78 Å². The van der Waals surface area contributed by atoms with Crippen molar-refractivity contribution in [2.75, 3.05) is 6.54 Å². The maximum atomic E-state index is 13.2. The fourth-order valence-electron chi connectivity index (χ4n) is 1.87. The monoisotopic (exact) mass is 262 g/mol. The van der Waals surface area contributed by atoms with Crippen LogP contribution in [0.25, 0.3) is 11.1 Å². The van der Waals surface area contributed by atoms with E-state index < -0.39 is 11.6 Å². The molecule has 19 heavy (non-hydrogen) atoms. The molecule has 1 N–H and O–H groups in total. The predicted octanol–water partition coefficient (Wildman–Crippen LogP) is 3.53. The van der Waals surface area contributed by atoms with Crippen LogP contribution in [0.5, 0.6) is 0 Å². The summed E-state index contributed by atoms with van der Waals surface area (Å²) in [5, 5.41) is 3.26. The molecule has 0 spiro atoms. The van der Waals surface area contributed by atoms with Gasteiger partial charge >= 0.3 is 0 Å². The number of aromatic nitrogens is 1. The van der Waals surface area contributed by atoms with Crippen molar-refractivity contribution in [1.29, 1.82) is 0 Å². The highest BCUT2D eigenvalue weighted by atomic mass is 19.1. The van der Waals surface area contributed by atoms with E-state index in [2.05, 4.69) is 17.2 Å². The molecule has 0 aliphatic carbocycles. The molecule has 2 aromatic rings. The summed E-state index contributed by atoms with van der Waals surface area (Å²) in [6.45, 7) is 3.72. The minimum Gasteiger partial charge on any atom is -0.313 e. The molecule has 4 heteroatoms. The fourth-order valence-corrected chi connectivity index (χ4v) is 1.87. The number of halogens is 2. The molecule has 1 heterocycles. The lowest BCUT2D eigenvalue weighted by Gasteiger charge is -2.06. The van der Waals surface area contributed by atoms with Crippen molar-refractivity contribution in [2.24, 2.45) is 0 Å². The maximum absolute atomic E-state index is 13.2. The summed E-state index contributed by atoms with van der Waals surface area (Å²) in [6, 6.07) is 5.38. The Bertz CT molecular complexity index is 535. The van der Waals surface area contributed by atoms with E-state index in [4.69, 9.17) is 0 Å². The van der Waals surface area contributed by atoms with Gasteiger partial charge in [0.05, 0.1) is 0 Å². The zero-order chi connectivity index (χ0) is 13.7. The molecular formula is C15H16F2N2. The van der Waals surface area contributed by atoms with Crippen LogP contribution in [0.2, 0.25) is 0 Å². The average molecular weight is 262 g/mol. The second-order valence-corrected chi connectivity index (χ2v) is 4.42.